The molecule has 0 bridgehead atoms. The molecule has 0 saturated heterocycles. The van der Waals surface area contributed by atoms with Crippen LogP contribution in [-0.2, 0) is 11.3 Å². The predicted octanol–water partition coefficient (Wildman–Crippen LogP) is 4.47. The molecule has 4 rings (SSSR count). The van der Waals surface area contributed by atoms with Crippen LogP contribution >= 0.6 is 0 Å². The number of aromatic nitrogens is 1. The molecule has 1 amide bonds. The van der Waals surface area contributed by atoms with Crippen molar-refractivity contribution in [2.45, 2.75) is 39.2 Å². The van der Waals surface area contributed by atoms with Crippen LogP contribution < -0.4 is 10.7 Å². The van der Waals surface area contributed by atoms with Crippen LogP contribution in [0.2, 0.25) is 0 Å². The average molecular weight is 429 g/mol. The van der Waals surface area contributed by atoms with E-state index in [0.717, 1.165) is 66.4 Å². The lowest BCUT2D eigenvalue weighted by Crippen LogP contribution is -2.27. The van der Waals surface area contributed by atoms with E-state index in [1.165, 1.54) is 16.3 Å². The molecule has 2 heterocycles. The van der Waals surface area contributed by atoms with Crippen LogP contribution in [0.3, 0.4) is 0 Å². The zero-order chi connectivity index (χ0) is 22.7. The summed E-state index contributed by atoms with van der Waals surface area (Å²) in [5, 5.41) is 4.55. The van der Waals surface area contributed by atoms with Crippen LogP contribution in [0.15, 0.2) is 49.0 Å². The number of carbonyl (C=O) groups excluding carboxylic acids is 1. The van der Waals surface area contributed by atoms with Gasteiger partial charge in [-0.15, -0.1) is 0 Å². The Balaban J connectivity index is 1.14. The fraction of sp³-hybridized carbons (Fsp3) is 0.321. The Bertz CT molecular complexity index is 1220. The van der Waals surface area contributed by atoms with Crippen molar-refractivity contribution >= 4 is 35.5 Å². The Morgan fingerprint density at radius 1 is 0.812 bits per heavy atom. The number of hydrogen-bond donors (Lipinski definition) is 0. The number of nitrogens with zero attached hydrogens (tertiary/aromatic N) is 2. The van der Waals surface area contributed by atoms with Crippen molar-refractivity contribution in [3.63, 3.8) is 0 Å². The van der Waals surface area contributed by atoms with Gasteiger partial charge in [-0.25, -0.2) is 0 Å². The first-order valence-corrected chi connectivity index (χ1v) is 11.4. The lowest BCUT2D eigenvalue weighted by Gasteiger charge is -2.17. The topological polar surface area (TPSA) is 34.5 Å². The van der Waals surface area contributed by atoms with E-state index in [1.54, 1.807) is 4.90 Å². The van der Waals surface area contributed by atoms with E-state index in [1.807, 2.05) is 24.3 Å². The van der Waals surface area contributed by atoms with Crippen molar-refractivity contribution in [3.8, 4) is 0 Å². The van der Waals surface area contributed by atoms with E-state index in [2.05, 4.69) is 49.4 Å². The molecule has 1 aliphatic rings. The van der Waals surface area contributed by atoms with Gasteiger partial charge in [0.05, 0.1) is 6.61 Å². The lowest BCUT2D eigenvalue weighted by molar-refractivity contribution is 0.0762. The van der Waals surface area contributed by atoms with Gasteiger partial charge in [0.2, 0.25) is 0 Å². The molecule has 1 aromatic heterocycles. The van der Waals surface area contributed by atoms with Gasteiger partial charge in [-0.3, -0.25) is 4.79 Å². The van der Waals surface area contributed by atoms with Gasteiger partial charge >= 0.3 is 0 Å². The fourth-order valence-corrected chi connectivity index (χ4v) is 4.53. The highest BCUT2D eigenvalue weighted by molar-refractivity contribution is 6.08. The maximum Gasteiger partial charge on any atom is 0.259 e. The summed E-state index contributed by atoms with van der Waals surface area (Å²) in [6.07, 6.45) is 4.40. The third-order valence-corrected chi connectivity index (χ3v) is 6.37. The van der Waals surface area contributed by atoms with Crippen LogP contribution in [0.25, 0.3) is 29.6 Å². The van der Waals surface area contributed by atoms with Crippen molar-refractivity contribution in [3.05, 3.63) is 76.4 Å². The number of hydrogen-bond acceptors (Lipinski definition) is 2. The summed E-state index contributed by atoms with van der Waals surface area (Å²) in [7, 11) is 0. The number of ether oxygens (including phenoxy) is 1. The number of fused-ring (bicyclic) bond motifs is 2. The number of benzene rings is 2. The average Bonchev–Trinajstić information content (AvgIpc) is 3.17. The van der Waals surface area contributed by atoms with Gasteiger partial charge in [0.15, 0.2) is 0 Å². The van der Waals surface area contributed by atoms with Gasteiger partial charge in [0.25, 0.3) is 5.91 Å². The summed E-state index contributed by atoms with van der Waals surface area (Å²) in [5.74, 6) is 0.0246. The first-order chi connectivity index (χ1) is 15.5. The Morgan fingerprint density at radius 2 is 1.53 bits per heavy atom. The standard InChI is InChI=1S/C28H32N2O2/c1-20-13-14-25-21(2)29(23(4)27(25)19-20)15-9-5-6-10-17-32-18-16-30-22(3)24-11-7-8-12-26(24)28(30)31/h7-8,11-14,19H,2-6,9-10,15-18H2,1H3. The second-order valence-corrected chi connectivity index (χ2v) is 8.57. The van der Waals surface area contributed by atoms with Crippen LogP contribution in [0.4, 0.5) is 0 Å². The molecule has 0 fully saturated rings. The minimum absolute atomic E-state index is 0.0246. The molecule has 0 radical (unpaired) electrons. The summed E-state index contributed by atoms with van der Waals surface area (Å²) in [6, 6.07) is 14.1. The van der Waals surface area contributed by atoms with Crippen LogP contribution in [-0.4, -0.2) is 35.1 Å². The minimum Gasteiger partial charge on any atom is -0.380 e. The number of unbranched alkanes of at least 4 members (excludes halogenated alkanes) is 3. The van der Waals surface area contributed by atoms with Gasteiger partial charge < -0.3 is 14.2 Å². The molecule has 4 nitrogen and oxygen atoms in total. The molecule has 0 spiro atoms. The van der Waals surface area contributed by atoms with E-state index in [9.17, 15) is 4.79 Å². The minimum atomic E-state index is 0.0246. The smallest absolute Gasteiger partial charge is 0.259 e. The molecule has 32 heavy (non-hydrogen) atoms. The Hall–Kier alpha value is -3.11. The molecule has 0 N–H and O–H groups in total. The first-order valence-electron chi connectivity index (χ1n) is 11.4. The molecule has 0 atom stereocenters. The molecule has 2 aromatic carbocycles. The van der Waals surface area contributed by atoms with Gasteiger partial charge in [-0.2, -0.15) is 0 Å². The molecular weight excluding hydrogens is 396 g/mol. The van der Waals surface area contributed by atoms with E-state index in [4.69, 9.17) is 4.74 Å². The van der Waals surface area contributed by atoms with Crippen LogP contribution in [0.1, 0.15) is 47.2 Å². The summed E-state index contributed by atoms with van der Waals surface area (Å²) >= 11 is 0. The van der Waals surface area contributed by atoms with Crippen molar-refractivity contribution in [2.75, 3.05) is 19.8 Å². The fourth-order valence-electron chi connectivity index (χ4n) is 4.53. The molecule has 0 aliphatic carbocycles. The molecular formula is C28H32N2O2. The number of aryl methyl sites for hydroxylation is 1. The molecule has 1 aliphatic heterocycles. The maximum absolute atomic E-state index is 12.5. The first kappa shape index (κ1) is 22.1. The summed E-state index contributed by atoms with van der Waals surface area (Å²) in [6.45, 7) is 17.5. The highest BCUT2D eigenvalue weighted by atomic mass is 16.5. The number of amides is 1. The predicted molar refractivity (Wildman–Crippen MR) is 133 cm³/mol. The van der Waals surface area contributed by atoms with Crippen molar-refractivity contribution in [1.29, 1.82) is 0 Å². The zero-order valence-electron chi connectivity index (χ0n) is 19.0. The van der Waals surface area contributed by atoms with Crippen molar-refractivity contribution < 1.29 is 9.53 Å². The third-order valence-electron chi connectivity index (χ3n) is 6.37. The second-order valence-electron chi connectivity index (χ2n) is 8.57. The third kappa shape index (κ3) is 4.28. The summed E-state index contributed by atoms with van der Waals surface area (Å²) < 4.78 is 8.03. The van der Waals surface area contributed by atoms with E-state index >= 15 is 0 Å². The van der Waals surface area contributed by atoms with E-state index < -0.39 is 0 Å². The van der Waals surface area contributed by atoms with E-state index in [0.29, 0.717) is 13.2 Å². The summed E-state index contributed by atoms with van der Waals surface area (Å²) in [4.78, 5) is 14.2. The highest BCUT2D eigenvalue weighted by Gasteiger charge is 2.29. The Kier molecular flexibility index (Phi) is 6.61. The quantitative estimate of drug-likeness (QED) is 0.447. The molecule has 4 heteroatoms. The van der Waals surface area contributed by atoms with Gasteiger partial charge in [0.1, 0.15) is 0 Å². The highest BCUT2D eigenvalue weighted by Crippen LogP contribution is 2.30. The monoisotopic (exact) mass is 428 g/mol. The Morgan fingerprint density at radius 3 is 2.31 bits per heavy atom. The van der Waals surface area contributed by atoms with Crippen LogP contribution in [0.5, 0.6) is 0 Å². The van der Waals surface area contributed by atoms with Crippen LogP contribution in [0, 0.1) is 6.92 Å². The van der Waals surface area contributed by atoms with Gasteiger partial charge in [0, 0.05) is 58.0 Å². The summed E-state index contributed by atoms with van der Waals surface area (Å²) in [5.41, 5.74) is 3.69. The molecule has 3 aromatic rings. The lowest BCUT2D eigenvalue weighted by atomic mass is 10.1. The van der Waals surface area contributed by atoms with Crippen molar-refractivity contribution in [1.82, 2.24) is 9.47 Å². The van der Waals surface area contributed by atoms with Crippen molar-refractivity contribution in [2.24, 2.45) is 0 Å². The molecule has 0 unspecified atom stereocenters. The van der Waals surface area contributed by atoms with Gasteiger partial charge in [-0.1, -0.05) is 68.5 Å². The zero-order valence-corrected chi connectivity index (χ0v) is 19.0. The second kappa shape index (κ2) is 9.58. The molecule has 0 saturated carbocycles. The SMILES string of the molecule is C=C1c2ccccc2C(=O)N1CCOCCCCCCn1c(=C)c2ccc(C)cc2c1=C. The normalized spacial score (nSPS) is 13.3. The van der Waals surface area contributed by atoms with E-state index in [-0.39, 0.29) is 5.91 Å². The largest absolute Gasteiger partial charge is 0.380 e. The molecule has 166 valence electrons. The Labute approximate surface area is 190 Å². The number of carbonyl (C=O) groups is 1. The maximum atomic E-state index is 12.5. The van der Waals surface area contributed by atoms with Gasteiger partial charge in [-0.05, 0) is 31.9 Å². The number of rotatable bonds is 10.